The average Bonchev–Trinajstić information content (AvgIpc) is 2.88. The molecule has 5 nitrogen and oxygen atoms in total. The number of nitrogens with one attached hydrogen (secondary N) is 1. The lowest BCUT2D eigenvalue weighted by Gasteiger charge is -2.35. The molecule has 2 saturated carbocycles. The van der Waals surface area contributed by atoms with E-state index in [-0.39, 0.29) is 5.63 Å². The topological polar surface area (TPSA) is 53.1 Å². The Balaban J connectivity index is 1.83. The van der Waals surface area contributed by atoms with E-state index < -0.39 is 0 Å². The lowest BCUT2D eigenvalue weighted by Crippen LogP contribution is -2.68. The van der Waals surface area contributed by atoms with Gasteiger partial charge in [-0.2, -0.15) is 0 Å². The molecule has 0 atom stereocenters. The predicted octanol–water partition coefficient (Wildman–Crippen LogP) is 1.86. The minimum atomic E-state index is -0.295. The largest absolute Gasteiger partial charge is 0.430 e. The Bertz CT molecular complexity index is 424. The highest BCUT2D eigenvalue weighted by Crippen LogP contribution is 2.27. The second-order valence-electron chi connectivity index (χ2n) is 5.95. The molecule has 2 aliphatic rings. The van der Waals surface area contributed by atoms with Gasteiger partial charge >= 0.3 is 11.8 Å². The van der Waals surface area contributed by atoms with Gasteiger partial charge in [-0.05, 0) is 25.7 Å². The van der Waals surface area contributed by atoms with Gasteiger partial charge in [-0.3, -0.25) is 4.52 Å². The van der Waals surface area contributed by atoms with E-state index in [4.69, 9.17) is 4.52 Å². The van der Waals surface area contributed by atoms with Crippen molar-refractivity contribution in [2.45, 2.75) is 76.3 Å². The van der Waals surface area contributed by atoms with Gasteiger partial charge < -0.3 is 0 Å². The maximum Gasteiger partial charge on any atom is 0.430 e. The molecule has 106 valence electrons. The molecule has 1 aromatic rings. The van der Waals surface area contributed by atoms with Crippen molar-refractivity contribution in [1.82, 2.24) is 5.27 Å². The Morgan fingerprint density at radius 2 is 1.53 bits per heavy atom. The zero-order chi connectivity index (χ0) is 13.1. The fourth-order valence-corrected chi connectivity index (χ4v) is 3.70. The standard InChI is InChI=1S/C14H23N3O2/c18-14-11-16(15-19-14)17(12-7-3-1-4-8-12)13-9-5-2-6-10-13/h11-13H,1-10H2/p+1. The van der Waals surface area contributed by atoms with Gasteiger partial charge in [0.25, 0.3) is 0 Å². The molecule has 3 rings (SSSR count). The van der Waals surface area contributed by atoms with Crippen molar-refractivity contribution in [1.29, 1.82) is 0 Å². The van der Waals surface area contributed by atoms with Crippen LogP contribution in [0.5, 0.6) is 0 Å². The van der Waals surface area contributed by atoms with Gasteiger partial charge in [0.1, 0.15) is 0 Å². The number of aromatic amines is 1. The van der Waals surface area contributed by atoms with Crippen LogP contribution in [0.2, 0.25) is 0 Å². The normalized spacial score (nSPS) is 22.5. The summed E-state index contributed by atoms with van der Waals surface area (Å²) >= 11 is 0. The smallest absolute Gasteiger partial charge is 0.281 e. The number of H-pyrrole nitrogens is 1. The van der Waals surface area contributed by atoms with E-state index in [1.54, 1.807) is 6.20 Å². The molecule has 0 aromatic carbocycles. The van der Waals surface area contributed by atoms with Gasteiger partial charge in [0.2, 0.25) is 0 Å². The van der Waals surface area contributed by atoms with E-state index in [1.165, 1.54) is 64.2 Å². The molecule has 0 amide bonds. The molecule has 2 fully saturated rings. The third-order valence-electron chi connectivity index (χ3n) is 4.61. The van der Waals surface area contributed by atoms with E-state index in [0.29, 0.717) is 12.1 Å². The summed E-state index contributed by atoms with van der Waals surface area (Å²) in [5, 5.41) is 5.15. The minimum Gasteiger partial charge on any atom is -0.281 e. The Morgan fingerprint density at radius 3 is 1.95 bits per heavy atom. The van der Waals surface area contributed by atoms with Gasteiger partial charge in [0.05, 0.1) is 12.1 Å². The molecular formula is C14H24N3O2+. The first-order valence-corrected chi connectivity index (χ1v) is 7.73. The fraction of sp³-hybridized carbons (Fsp3) is 0.857. The molecule has 0 unspecified atom stereocenters. The fourth-order valence-electron chi connectivity index (χ4n) is 3.70. The SMILES string of the molecule is O=c1c[n+](N(C2CCCCC2)C2CCCCC2)[nH]o1. The van der Waals surface area contributed by atoms with Gasteiger partial charge in [-0.15, -0.1) is 5.01 Å². The molecule has 19 heavy (non-hydrogen) atoms. The van der Waals surface area contributed by atoms with Crippen LogP contribution >= 0.6 is 0 Å². The second kappa shape index (κ2) is 5.80. The molecular weight excluding hydrogens is 242 g/mol. The minimum absolute atomic E-state index is 0.295. The molecule has 1 aromatic heterocycles. The number of hydrogen-bond acceptors (Lipinski definition) is 3. The lowest BCUT2D eigenvalue weighted by atomic mass is 9.90. The van der Waals surface area contributed by atoms with Crippen molar-refractivity contribution >= 4 is 0 Å². The Hall–Kier alpha value is -1.26. The summed E-state index contributed by atoms with van der Waals surface area (Å²) in [4.78, 5) is 13.1. The predicted molar refractivity (Wildman–Crippen MR) is 71.5 cm³/mol. The van der Waals surface area contributed by atoms with E-state index in [0.717, 1.165) is 0 Å². The Kier molecular flexibility index (Phi) is 3.89. The van der Waals surface area contributed by atoms with Crippen molar-refractivity contribution in [2.24, 2.45) is 0 Å². The summed E-state index contributed by atoms with van der Waals surface area (Å²) in [7, 11) is 0. The van der Waals surface area contributed by atoms with Gasteiger partial charge in [0, 0.05) is 10.1 Å². The molecule has 0 bridgehead atoms. The van der Waals surface area contributed by atoms with Crippen molar-refractivity contribution in [3.05, 3.63) is 16.6 Å². The van der Waals surface area contributed by atoms with E-state index >= 15 is 0 Å². The monoisotopic (exact) mass is 266 g/mol. The lowest BCUT2D eigenvalue weighted by molar-refractivity contribution is -0.766. The summed E-state index contributed by atoms with van der Waals surface area (Å²) < 4.78 is 4.87. The first-order valence-electron chi connectivity index (χ1n) is 7.73. The third-order valence-corrected chi connectivity index (χ3v) is 4.61. The first-order chi connectivity index (χ1) is 9.34. The highest BCUT2D eigenvalue weighted by atomic mass is 16.5. The summed E-state index contributed by atoms with van der Waals surface area (Å²) in [6.45, 7) is 0. The van der Waals surface area contributed by atoms with Crippen LogP contribution in [-0.2, 0) is 0 Å². The van der Waals surface area contributed by atoms with Crippen molar-refractivity contribution < 1.29 is 9.31 Å². The first kappa shape index (κ1) is 12.8. The maximum absolute atomic E-state index is 11.3. The second-order valence-corrected chi connectivity index (χ2v) is 5.95. The van der Waals surface area contributed by atoms with Crippen molar-refractivity contribution in [2.75, 3.05) is 5.01 Å². The average molecular weight is 266 g/mol. The van der Waals surface area contributed by atoms with Gasteiger partial charge in [0.15, 0.2) is 0 Å². The summed E-state index contributed by atoms with van der Waals surface area (Å²) in [6.07, 6.45) is 14.4. The molecule has 0 radical (unpaired) electrons. The van der Waals surface area contributed by atoms with E-state index in [9.17, 15) is 4.79 Å². The van der Waals surface area contributed by atoms with Crippen LogP contribution in [0.3, 0.4) is 0 Å². The number of rotatable bonds is 3. The van der Waals surface area contributed by atoms with Crippen LogP contribution in [-0.4, -0.2) is 17.4 Å². The number of hydrogen-bond donors (Lipinski definition) is 1. The van der Waals surface area contributed by atoms with Crippen LogP contribution in [0.15, 0.2) is 15.5 Å². The molecule has 2 aliphatic carbocycles. The highest BCUT2D eigenvalue weighted by Gasteiger charge is 2.35. The number of aromatic nitrogens is 2. The van der Waals surface area contributed by atoms with Crippen LogP contribution in [0.4, 0.5) is 0 Å². The molecule has 0 aliphatic heterocycles. The van der Waals surface area contributed by atoms with Crippen LogP contribution < -0.4 is 15.4 Å². The van der Waals surface area contributed by atoms with Crippen molar-refractivity contribution in [3.8, 4) is 0 Å². The highest BCUT2D eigenvalue weighted by molar-refractivity contribution is 4.93. The Morgan fingerprint density at radius 1 is 1.00 bits per heavy atom. The molecule has 0 spiro atoms. The number of nitrogens with zero attached hydrogens (tertiary/aromatic N) is 2. The summed E-state index contributed by atoms with van der Waals surface area (Å²) in [6, 6.07) is 1.10. The van der Waals surface area contributed by atoms with E-state index in [1.807, 2.05) is 4.79 Å². The third kappa shape index (κ3) is 2.85. The zero-order valence-corrected chi connectivity index (χ0v) is 11.5. The zero-order valence-electron chi connectivity index (χ0n) is 11.5. The van der Waals surface area contributed by atoms with Gasteiger partial charge in [-0.1, -0.05) is 38.5 Å². The molecule has 0 saturated heterocycles. The van der Waals surface area contributed by atoms with Gasteiger partial charge in [-0.25, -0.2) is 4.79 Å². The molecule has 1 heterocycles. The van der Waals surface area contributed by atoms with Crippen LogP contribution in [0.25, 0.3) is 0 Å². The summed E-state index contributed by atoms with van der Waals surface area (Å²) in [5.74, 6) is 0. The van der Waals surface area contributed by atoms with Crippen LogP contribution in [0, 0.1) is 0 Å². The Labute approximate surface area is 113 Å². The quantitative estimate of drug-likeness (QED) is 0.850. The molecule has 5 heteroatoms. The maximum atomic E-state index is 11.3. The van der Waals surface area contributed by atoms with E-state index in [2.05, 4.69) is 10.3 Å². The van der Waals surface area contributed by atoms with Crippen molar-refractivity contribution in [3.63, 3.8) is 0 Å². The molecule has 1 N–H and O–H groups in total. The summed E-state index contributed by atoms with van der Waals surface area (Å²) in [5.41, 5.74) is -0.295. The van der Waals surface area contributed by atoms with Crippen LogP contribution in [0.1, 0.15) is 64.2 Å².